The number of nitrogens with zero attached hydrogens (tertiary/aromatic N) is 3. The highest BCUT2D eigenvalue weighted by Crippen LogP contribution is 2.32. The van der Waals surface area contributed by atoms with Crippen molar-refractivity contribution >= 4 is 11.7 Å². The Balaban J connectivity index is 1.55. The standard InChI is InChI=1S/C21H21FN4O2/c1-14-6-2-3-7-17(14)23-21(27)26-13-5-4-8-18(26)20-24-19(25-28-20)15-9-11-16(22)12-10-15/h2-3,6-7,9-12,18H,4-5,8,13H2,1H3,(H,23,27)/t18-/m0/s1. The molecule has 1 atom stereocenters. The quantitative estimate of drug-likeness (QED) is 0.698. The van der Waals surface area contributed by atoms with Gasteiger partial charge in [0, 0.05) is 17.8 Å². The van der Waals surface area contributed by atoms with Gasteiger partial charge in [0.05, 0.1) is 0 Å². The number of piperidine rings is 1. The van der Waals surface area contributed by atoms with E-state index >= 15 is 0 Å². The lowest BCUT2D eigenvalue weighted by Gasteiger charge is -2.33. The van der Waals surface area contributed by atoms with Crippen molar-refractivity contribution in [2.75, 3.05) is 11.9 Å². The van der Waals surface area contributed by atoms with Gasteiger partial charge in [0.15, 0.2) is 0 Å². The van der Waals surface area contributed by atoms with E-state index in [1.807, 2.05) is 31.2 Å². The third-order valence-electron chi connectivity index (χ3n) is 4.98. The number of aromatic nitrogens is 2. The van der Waals surface area contributed by atoms with Crippen molar-refractivity contribution in [3.8, 4) is 11.4 Å². The van der Waals surface area contributed by atoms with Crippen molar-refractivity contribution in [2.24, 2.45) is 0 Å². The van der Waals surface area contributed by atoms with E-state index in [4.69, 9.17) is 4.52 Å². The summed E-state index contributed by atoms with van der Waals surface area (Å²) in [6.07, 6.45) is 2.66. The molecule has 2 amide bonds. The second-order valence-electron chi connectivity index (χ2n) is 6.91. The van der Waals surface area contributed by atoms with E-state index in [-0.39, 0.29) is 17.9 Å². The van der Waals surface area contributed by atoms with Crippen molar-refractivity contribution < 1.29 is 13.7 Å². The number of para-hydroxylation sites is 1. The van der Waals surface area contributed by atoms with Gasteiger partial charge in [-0.05, 0) is 62.1 Å². The van der Waals surface area contributed by atoms with Crippen LogP contribution in [0.4, 0.5) is 14.9 Å². The van der Waals surface area contributed by atoms with Gasteiger partial charge in [0.1, 0.15) is 11.9 Å². The molecule has 1 aliphatic rings. The number of benzene rings is 2. The molecule has 2 heterocycles. The number of nitrogens with one attached hydrogen (secondary N) is 1. The normalized spacial score (nSPS) is 16.8. The molecule has 1 N–H and O–H groups in total. The van der Waals surface area contributed by atoms with Gasteiger partial charge in [-0.3, -0.25) is 0 Å². The monoisotopic (exact) mass is 380 g/mol. The lowest BCUT2D eigenvalue weighted by molar-refractivity contribution is 0.142. The van der Waals surface area contributed by atoms with Crippen LogP contribution in [0.1, 0.15) is 36.8 Å². The van der Waals surface area contributed by atoms with Gasteiger partial charge in [-0.1, -0.05) is 23.4 Å². The fraction of sp³-hybridized carbons (Fsp3) is 0.286. The van der Waals surface area contributed by atoms with Gasteiger partial charge < -0.3 is 14.7 Å². The SMILES string of the molecule is Cc1ccccc1NC(=O)N1CCCC[C@H]1c1nc(-c2ccc(F)cc2)no1. The zero-order valence-electron chi connectivity index (χ0n) is 15.6. The summed E-state index contributed by atoms with van der Waals surface area (Å²) < 4.78 is 18.6. The van der Waals surface area contributed by atoms with Crippen LogP contribution in [0.3, 0.4) is 0 Å². The maximum atomic E-state index is 13.1. The molecular weight excluding hydrogens is 359 g/mol. The third kappa shape index (κ3) is 3.74. The number of anilines is 1. The van der Waals surface area contributed by atoms with Crippen LogP contribution in [0, 0.1) is 12.7 Å². The zero-order chi connectivity index (χ0) is 19.5. The van der Waals surface area contributed by atoms with E-state index in [1.54, 1.807) is 17.0 Å². The van der Waals surface area contributed by atoms with Gasteiger partial charge in [0.2, 0.25) is 11.7 Å². The molecule has 0 spiro atoms. The Morgan fingerprint density at radius 1 is 1.18 bits per heavy atom. The average molecular weight is 380 g/mol. The highest BCUT2D eigenvalue weighted by molar-refractivity contribution is 5.90. The highest BCUT2D eigenvalue weighted by atomic mass is 19.1. The number of amides is 2. The second kappa shape index (κ2) is 7.80. The van der Waals surface area contributed by atoms with Gasteiger partial charge >= 0.3 is 6.03 Å². The molecule has 0 saturated carbocycles. The van der Waals surface area contributed by atoms with E-state index in [0.717, 1.165) is 30.5 Å². The molecule has 1 aromatic heterocycles. The Labute approximate surface area is 162 Å². The number of likely N-dealkylation sites (tertiary alicyclic amines) is 1. The number of aryl methyl sites for hydroxylation is 1. The molecular formula is C21H21FN4O2. The van der Waals surface area contributed by atoms with Crippen LogP contribution in [0.5, 0.6) is 0 Å². The predicted octanol–water partition coefficient (Wildman–Crippen LogP) is 4.94. The maximum absolute atomic E-state index is 13.1. The lowest BCUT2D eigenvalue weighted by atomic mass is 10.0. The van der Waals surface area contributed by atoms with Crippen LogP contribution in [0.2, 0.25) is 0 Å². The number of carbonyl (C=O) groups excluding carboxylic acids is 1. The largest absolute Gasteiger partial charge is 0.337 e. The second-order valence-corrected chi connectivity index (χ2v) is 6.91. The molecule has 0 radical (unpaired) electrons. The van der Waals surface area contributed by atoms with Crippen molar-refractivity contribution in [3.63, 3.8) is 0 Å². The summed E-state index contributed by atoms with van der Waals surface area (Å²) in [4.78, 5) is 19.1. The van der Waals surface area contributed by atoms with Crippen molar-refractivity contribution in [1.29, 1.82) is 0 Å². The number of hydrogen-bond donors (Lipinski definition) is 1. The Morgan fingerprint density at radius 3 is 2.75 bits per heavy atom. The first-order valence-corrected chi connectivity index (χ1v) is 9.34. The Bertz CT molecular complexity index is 971. The first kappa shape index (κ1) is 18.2. The molecule has 0 bridgehead atoms. The smallest absolute Gasteiger partial charge is 0.322 e. The van der Waals surface area contributed by atoms with E-state index in [0.29, 0.717) is 23.8 Å². The average Bonchev–Trinajstić information content (AvgIpc) is 3.20. The molecule has 0 aliphatic carbocycles. The summed E-state index contributed by atoms with van der Waals surface area (Å²) in [6, 6.07) is 13.1. The van der Waals surface area contributed by atoms with Crippen LogP contribution in [0.15, 0.2) is 53.1 Å². The van der Waals surface area contributed by atoms with Crippen LogP contribution in [0.25, 0.3) is 11.4 Å². The lowest BCUT2D eigenvalue weighted by Crippen LogP contribution is -2.41. The summed E-state index contributed by atoms with van der Waals surface area (Å²) in [6.45, 7) is 2.58. The van der Waals surface area contributed by atoms with E-state index < -0.39 is 0 Å². The van der Waals surface area contributed by atoms with E-state index in [9.17, 15) is 9.18 Å². The zero-order valence-corrected chi connectivity index (χ0v) is 15.6. The molecule has 0 unspecified atom stereocenters. The minimum absolute atomic E-state index is 0.180. The first-order chi connectivity index (χ1) is 13.6. The number of hydrogen-bond acceptors (Lipinski definition) is 4. The number of carbonyl (C=O) groups is 1. The molecule has 2 aromatic carbocycles. The third-order valence-corrected chi connectivity index (χ3v) is 4.98. The number of urea groups is 1. The molecule has 3 aromatic rings. The fourth-order valence-electron chi connectivity index (χ4n) is 3.42. The number of halogens is 1. The molecule has 6 nitrogen and oxygen atoms in total. The molecule has 4 rings (SSSR count). The molecule has 1 saturated heterocycles. The summed E-state index contributed by atoms with van der Waals surface area (Å²) in [5.41, 5.74) is 2.46. The van der Waals surface area contributed by atoms with Gasteiger partial charge in [-0.2, -0.15) is 4.98 Å². The van der Waals surface area contributed by atoms with Crippen molar-refractivity contribution in [1.82, 2.24) is 15.0 Å². The van der Waals surface area contributed by atoms with E-state index in [2.05, 4.69) is 15.5 Å². The molecule has 144 valence electrons. The molecule has 28 heavy (non-hydrogen) atoms. The summed E-state index contributed by atoms with van der Waals surface area (Å²) >= 11 is 0. The Kier molecular flexibility index (Phi) is 5.06. The summed E-state index contributed by atoms with van der Waals surface area (Å²) in [5.74, 6) is 0.470. The van der Waals surface area contributed by atoms with Crippen molar-refractivity contribution in [3.05, 3.63) is 65.8 Å². The molecule has 7 heteroatoms. The van der Waals surface area contributed by atoms with Crippen LogP contribution in [-0.4, -0.2) is 27.6 Å². The van der Waals surface area contributed by atoms with E-state index in [1.165, 1.54) is 12.1 Å². The molecule has 1 aliphatic heterocycles. The minimum Gasteiger partial charge on any atom is -0.337 e. The van der Waals surface area contributed by atoms with Crippen LogP contribution >= 0.6 is 0 Å². The minimum atomic E-state index is -0.321. The van der Waals surface area contributed by atoms with Gasteiger partial charge in [-0.25, -0.2) is 9.18 Å². The van der Waals surface area contributed by atoms with Crippen molar-refractivity contribution in [2.45, 2.75) is 32.2 Å². The van der Waals surface area contributed by atoms with Crippen LogP contribution < -0.4 is 5.32 Å². The Morgan fingerprint density at radius 2 is 1.96 bits per heavy atom. The Hall–Kier alpha value is -3.22. The highest BCUT2D eigenvalue weighted by Gasteiger charge is 2.32. The maximum Gasteiger partial charge on any atom is 0.322 e. The number of rotatable bonds is 3. The summed E-state index contributed by atoms with van der Waals surface area (Å²) in [7, 11) is 0. The topological polar surface area (TPSA) is 71.3 Å². The summed E-state index contributed by atoms with van der Waals surface area (Å²) in [5, 5.41) is 7.00. The van der Waals surface area contributed by atoms with Gasteiger partial charge in [0.25, 0.3) is 0 Å². The first-order valence-electron chi connectivity index (χ1n) is 9.34. The van der Waals surface area contributed by atoms with Crippen LogP contribution in [-0.2, 0) is 0 Å². The predicted molar refractivity (Wildman–Crippen MR) is 103 cm³/mol. The molecule has 1 fully saturated rings. The fourth-order valence-corrected chi connectivity index (χ4v) is 3.42. The van der Waals surface area contributed by atoms with Gasteiger partial charge in [-0.15, -0.1) is 0 Å².